The van der Waals surface area contributed by atoms with Gasteiger partial charge in [0.2, 0.25) is 0 Å². The predicted molar refractivity (Wildman–Crippen MR) is 138 cm³/mol. The summed E-state index contributed by atoms with van der Waals surface area (Å²) in [7, 11) is 0. The molecular formula is C26H30N4O3S. The first kappa shape index (κ1) is 23.9. The fourth-order valence-corrected chi connectivity index (χ4v) is 5.29. The topological polar surface area (TPSA) is 83.0 Å². The molecule has 0 unspecified atom stereocenters. The van der Waals surface area contributed by atoms with E-state index in [1.807, 2.05) is 62.4 Å². The molecule has 1 fully saturated rings. The first-order valence-electron chi connectivity index (χ1n) is 11.6. The van der Waals surface area contributed by atoms with Crippen molar-refractivity contribution in [2.24, 2.45) is 4.99 Å². The van der Waals surface area contributed by atoms with Gasteiger partial charge < -0.3 is 20.3 Å². The summed E-state index contributed by atoms with van der Waals surface area (Å²) < 4.78 is 5.37. The number of carbonyl (C=O) groups is 2. The van der Waals surface area contributed by atoms with E-state index in [4.69, 9.17) is 9.73 Å². The molecule has 2 aromatic carbocycles. The van der Waals surface area contributed by atoms with Gasteiger partial charge in [-0.2, -0.15) is 0 Å². The summed E-state index contributed by atoms with van der Waals surface area (Å²) in [6.07, 6.45) is 1.86. The minimum atomic E-state index is -0.334. The molecule has 1 saturated heterocycles. The molecule has 2 amide bonds. The normalized spacial score (nSPS) is 17.6. The Morgan fingerprint density at radius 2 is 1.88 bits per heavy atom. The van der Waals surface area contributed by atoms with E-state index in [1.54, 1.807) is 11.8 Å². The molecule has 0 aromatic heterocycles. The van der Waals surface area contributed by atoms with Crippen LogP contribution in [-0.4, -0.2) is 41.0 Å². The maximum atomic E-state index is 12.9. The standard InChI is InChI=1S/C26H30N4O3S/c1-4-18-9-6-7-10-21(18)29-25(32)28-20-13-11-19(12-14-20)23-22(24(31)33-5-2)17(3)27-26-30(23)15-8-16-34-26/h6-7,9-14,23H,4-5,8,15-16H2,1-3H3,(H2,28,29,32)/t23-/m0/s1. The summed E-state index contributed by atoms with van der Waals surface area (Å²) in [4.78, 5) is 32.3. The van der Waals surface area contributed by atoms with Crippen molar-refractivity contribution in [2.45, 2.75) is 39.7 Å². The van der Waals surface area contributed by atoms with Gasteiger partial charge in [0, 0.05) is 23.7 Å². The Morgan fingerprint density at radius 1 is 1.12 bits per heavy atom. The lowest BCUT2D eigenvalue weighted by Gasteiger charge is -2.40. The number of amidine groups is 1. The van der Waals surface area contributed by atoms with Crippen molar-refractivity contribution >= 4 is 40.3 Å². The summed E-state index contributed by atoms with van der Waals surface area (Å²) in [5, 5.41) is 6.76. The summed E-state index contributed by atoms with van der Waals surface area (Å²) in [6, 6.07) is 14.8. The summed E-state index contributed by atoms with van der Waals surface area (Å²) >= 11 is 1.72. The van der Waals surface area contributed by atoms with Gasteiger partial charge in [-0.25, -0.2) is 14.6 Å². The highest BCUT2D eigenvalue weighted by Crippen LogP contribution is 2.40. The highest BCUT2D eigenvalue weighted by molar-refractivity contribution is 8.13. The Kier molecular flexibility index (Phi) is 7.57. The number of aryl methyl sites for hydroxylation is 1. The molecule has 2 aliphatic heterocycles. The lowest BCUT2D eigenvalue weighted by molar-refractivity contribution is -0.139. The quantitative estimate of drug-likeness (QED) is 0.530. The van der Waals surface area contributed by atoms with Crippen LogP contribution in [0.4, 0.5) is 16.2 Å². The van der Waals surface area contributed by atoms with Gasteiger partial charge in [0.1, 0.15) is 0 Å². The number of hydrogen-bond donors (Lipinski definition) is 2. The van der Waals surface area contributed by atoms with Crippen LogP contribution in [0.2, 0.25) is 0 Å². The number of thioether (sulfide) groups is 1. The number of esters is 1. The van der Waals surface area contributed by atoms with Crippen molar-refractivity contribution in [2.75, 3.05) is 29.5 Å². The van der Waals surface area contributed by atoms with Gasteiger partial charge in [-0.05, 0) is 56.0 Å². The average molecular weight is 479 g/mol. The monoisotopic (exact) mass is 478 g/mol. The first-order chi connectivity index (χ1) is 16.5. The Morgan fingerprint density at radius 3 is 2.62 bits per heavy atom. The number of allylic oxidation sites excluding steroid dienone is 1. The van der Waals surface area contributed by atoms with Crippen LogP contribution in [0.1, 0.15) is 44.4 Å². The second-order valence-corrected chi connectivity index (χ2v) is 9.19. The number of nitrogens with one attached hydrogen (secondary N) is 2. The maximum absolute atomic E-state index is 12.9. The van der Waals surface area contributed by atoms with Crippen molar-refractivity contribution in [3.63, 3.8) is 0 Å². The van der Waals surface area contributed by atoms with E-state index in [0.717, 1.165) is 47.1 Å². The number of amides is 2. The van der Waals surface area contributed by atoms with Crippen molar-refractivity contribution in [3.8, 4) is 0 Å². The smallest absolute Gasteiger partial charge is 0.338 e. The van der Waals surface area contributed by atoms with Crippen molar-refractivity contribution < 1.29 is 14.3 Å². The van der Waals surface area contributed by atoms with Gasteiger partial charge in [0.15, 0.2) is 5.17 Å². The van der Waals surface area contributed by atoms with Crippen LogP contribution in [0.3, 0.4) is 0 Å². The van der Waals surface area contributed by atoms with Crippen molar-refractivity contribution in [3.05, 3.63) is 70.9 Å². The van der Waals surface area contributed by atoms with Gasteiger partial charge in [-0.1, -0.05) is 49.0 Å². The number of hydrogen-bond acceptors (Lipinski definition) is 6. The van der Waals surface area contributed by atoms with E-state index in [2.05, 4.69) is 22.5 Å². The number of rotatable bonds is 6. The molecule has 0 spiro atoms. The molecule has 34 heavy (non-hydrogen) atoms. The van der Waals surface area contributed by atoms with Crippen molar-refractivity contribution in [1.29, 1.82) is 0 Å². The van der Waals surface area contributed by atoms with Crippen LogP contribution in [0, 0.1) is 0 Å². The maximum Gasteiger partial charge on any atom is 0.338 e. The third-order valence-electron chi connectivity index (χ3n) is 5.88. The van der Waals surface area contributed by atoms with E-state index in [1.165, 1.54) is 0 Å². The molecule has 4 rings (SSSR count). The van der Waals surface area contributed by atoms with Crippen LogP contribution in [0.25, 0.3) is 0 Å². The Labute approximate surface area is 204 Å². The molecule has 0 saturated carbocycles. The number of aliphatic imine (C=N–C) groups is 1. The zero-order valence-corrected chi connectivity index (χ0v) is 20.6. The number of benzene rings is 2. The molecule has 2 aliphatic rings. The Balaban J connectivity index is 1.55. The number of nitrogens with zero attached hydrogens (tertiary/aromatic N) is 2. The van der Waals surface area contributed by atoms with E-state index in [0.29, 0.717) is 23.6 Å². The molecule has 0 radical (unpaired) electrons. The average Bonchev–Trinajstić information content (AvgIpc) is 2.84. The van der Waals surface area contributed by atoms with Gasteiger partial charge >= 0.3 is 12.0 Å². The second-order valence-electron chi connectivity index (χ2n) is 8.12. The van der Waals surface area contributed by atoms with Gasteiger partial charge in [-0.15, -0.1) is 0 Å². The van der Waals surface area contributed by atoms with E-state index < -0.39 is 0 Å². The van der Waals surface area contributed by atoms with Crippen LogP contribution < -0.4 is 10.6 Å². The predicted octanol–water partition coefficient (Wildman–Crippen LogP) is 5.58. The summed E-state index contributed by atoms with van der Waals surface area (Å²) in [5.41, 5.74) is 4.78. The SMILES string of the molecule is CCOC(=O)C1=C(C)N=C2SCCCN2[C@H]1c1ccc(NC(=O)Nc2ccccc2CC)cc1. The summed E-state index contributed by atoms with van der Waals surface area (Å²) in [6.45, 7) is 6.87. The third kappa shape index (κ3) is 5.12. The largest absolute Gasteiger partial charge is 0.463 e. The van der Waals surface area contributed by atoms with Gasteiger partial charge in [0.05, 0.1) is 23.9 Å². The number of carbonyl (C=O) groups excluding carboxylic acids is 2. The third-order valence-corrected chi connectivity index (χ3v) is 6.96. The van der Waals surface area contributed by atoms with Crippen LogP contribution in [-0.2, 0) is 16.0 Å². The molecule has 7 nitrogen and oxygen atoms in total. The minimum Gasteiger partial charge on any atom is -0.463 e. The van der Waals surface area contributed by atoms with Gasteiger partial charge in [0.25, 0.3) is 0 Å². The molecular weight excluding hydrogens is 448 g/mol. The Bertz CT molecular complexity index is 1130. The van der Waals surface area contributed by atoms with Crippen LogP contribution in [0.5, 0.6) is 0 Å². The molecule has 2 aromatic rings. The lowest BCUT2D eigenvalue weighted by atomic mass is 9.94. The highest BCUT2D eigenvalue weighted by Gasteiger charge is 2.37. The molecule has 8 heteroatoms. The Hall–Kier alpha value is -3.26. The number of anilines is 2. The number of ether oxygens (including phenoxy) is 1. The zero-order chi connectivity index (χ0) is 24.1. The lowest BCUT2D eigenvalue weighted by Crippen LogP contribution is -2.42. The minimum absolute atomic E-state index is 0.265. The molecule has 178 valence electrons. The summed E-state index contributed by atoms with van der Waals surface area (Å²) in [5.74, 6) is 0.683. The van der Waals surface area contributed by atoms with E-state index >= 15 is 0 Å². The number of urea groups is 1. The van der Waals surface area contributed by atoms with Gasteiger partial charge in [-0.3, -0.25) is 0 Å². The van der Waals surface area contributed by atoms with E-state index in [9.17, 15) is 9.59 Å². The molecule has 2 N–H and O–H groups in total. The molecule has 2 heterocycles. The zero-order valence-electron chi connectivity index (χ0n) is 19.8. The molecule has 0 aliphatic carbocycles. The van der Waals surface area contributed by atoms with Crippen LogP contribution >= 0.6 is 11.8 Å². The van der Waals surface area contributed by atoms with Crippen molar-refractivity contribution in [1.82, 2.24) is 4.90 Å². The highest BCUT2D eigenvalue weighted by atomic mass is 32.2. The fraction of sp³-hybridized carbons (Fsp3) is 0.346. The fourth-order valence-electron chi connectivity index (χ4n) is 4.27. The number of fused-ring (bicyclic) bond motifs is 1. The molecule has 1 atom stereocenters. The van der Waals surface area contributed by atoms with Crippen LogP contribution in [0.15, 0.2) is 64.8 Å². The first-order valence-corrected chi connectivity index (χ1v) is 12.6. The second kappa shape index (κ2) is 10.8. The molecule has 0 bridgehead atoms. The number of para-hydroxylation sites is 1. The van der Waals surface area contributed by atoms with E-state index in [-0.39, 0.29) is 18.0 Å².